The van der Waals surface area contributed by atoms with Crippen molar-refractivity contribution in [1.29, 1.82) is 0 Å². The third-order valence-electron chi connectivity index (χ3n) is 4.63. The molecule has 2 rings (SSSR count). The molecule has 2 fully saturated rings. The largest absolute Gasteiger partial charge is 0.312 e. The average Bonchev–Trinajstić information content (AvgIpc) is 2.62. The molecule has 0 radical (unpaired) electrons. The molecule has 1 N–H and O–H groups in total. The van der Waals surface area contributed by atoms with Crippen LogP contribution in [0.15, 0.2) is 0 Å². The van der Waals surface area contributed by atoms with Crippen LogP contribution in [0.2, 0.25) is 0 Å². The molecule has 2 atom stereocenters. The highest BCUT2D eigenvalue weighted by Crippen LogP contribution is 2.31. The summed E-state index contributed by atoms with van der Waals surface area (Å²) in [5.74, 6) is 0.708. The minimum Gasteiger partial charge on any atom is -0.312 e. The first kappa shape index (κ1) is 14.3. The first-order valence-corrected chi connectivity index (χ1v) is 8.76. The zero-order valence-corrected chi connectivity index (χ0v) is 12.6. The lowest BCUT2D eigenvalue weighted by molar-refractivity contribution is 0.123. The predicted octanol–water partition coefficient (Wildman–Crippen LogP) is 0.884. The van der Waals surface area contributed by atoms with Crippen molar-refractivity contribution in [3.63, 3.8) is 0 Å². The normalized spacial score (nSPS) is 34.9. The topological polar surface area (TPSA) is 49.4 Å². The monoisotopic (exact) mass is 274 g/mol. The van der Waals surface area contributed by atoms with Gasteiger partial charge < -0.3 is 10.2 Å². The summed E-state index contributed by atoms with van der Waals surface area (Å²) < 4.78 is 23.0. The maximum absolute atomic E-state index is 11.5. The summed E-state index contributed by atoms with van der Waals surface area (Å²) in [5, 5.41) is 3.59. The van der Waals surface area contributed by atoms with Gasteiger partial charge in [0.05, 0.1) is 11.5 Å². The molecule has 0 aromatic carbocycles. The lowest BCUT2D eigenvalue weighted by Crippen LogP contribution is -2.53. The van der Waals surface area contributed by atoms with E-state index in [4.69, 9.17) is 0 Å². The first-order valence-electron chi connectivity index (χ1n) is 6.94. The average molecular weight is 274 g/mol. The Bertz CT molecular complexity index is 392. The van der Waals surface area contributed by atoms with Gasteiger partial charge in [-0.05, 0) is 38.3 Å². The second kappa shape index (κ2) is 5.10. The van der Waals surface area contributed by atoms with Gasteiger partial charge in [-0.25, -0.2) is 8.42 Å². The van der Waals surface area contributed by atoms with Crippen molar-refractivity contribution in [2.75, 3.05) is 31.6 Å². The van der Waals surface area contributed by atoms with Crippen LogP contribution >= 0.6 is 0 Å². The van der Waals surface area contributed by atoms with E-state index in [0.717, 1.165) is 19.5 Å². The maximum atomic E-state index is 11.5. The summed E-state index contributed by atoms with van der Waals surface area (Å²) in [6, 6.07) is 0.689. The lowest BCUT2D eigenvalue weighted by atomic mass is 9.77. The number of piperidine rings is 1. The number of nitrogens with zero attached hydrogens (tertiary/aromatic N) is 1. The van der Waals surface area contributed by atoms with Gasteiger partial charge in [0.15, 0.2) is 9.84 Å². The summed E-state index contributed by atoms with van der Waals surface area (Å²) in [7, 11) is -0.705. The van der Waals surface area contributed by atoms with Crippen molar-refractivity contribution in [1.82, 2.24) is 10.2 Å². The lowest BCUT2D eigenvalue weighted by Gasteiger charge is -2.42. The van der Waals surface area contributed by atoms with Gasteiger partial charge in [-0.2, -0.15) is 0 Å². The van der Waals surface area contributed by atoms with E-state index in [2.05, 4.69) is 31.1 Å². The van der Waals surface area contributed by atoms with E-state index in [0.29, 0.717) is 23.0 Å². The third kappa shape index (κ3) is 3.25. The smallest absolute Gasteiger partial charge is 0.151 e. The number of sulfone groups is 1. The van der Waals surface area contributed by atoms with Gasteiger partial charge in [-0.15, -0.1) is 0 Å². The Kier molecular flexibility index (Phi) is 4.04. The molecule has 0 aliphatic carbocycles. The Labute approximate surface area is 111 Å². The summed E-state index contributed by atoms with van der Waals surface area (Å²) in [6.45, 7) is 6.66. The molecular formula is C13H26N2O2S. The highest BCUT2D eigenvalue weighted by atomic mass is 32.2. The van der Waals surface area contributed by atoms with Crippen LogP contribution in [0.25, 0.3) is 0 Å². The maximum Gasteiger partial charge on any atom is 0.151 e. The summed E-state index contributed by atoms with van der Waals surface area (Å²) in [5.41, 5.74) is 0.310. The molecule has 4 nitrogen and oxygen atoms in total. The molecule has 106 valence electrons. The minimum atomic E-state index is -2.77. The molecule has 2 saturated heterocycles. The van der Waals surface area contributed by atoms with E-state index in [1.54, 1.807) is 0 Å². The Morgan fingerprint density at radius 2 is 2.11 bits per heavy atom. The van der Waals surface area contributed by atoms with Crippen molar-refractivity contribution >= 4 is 9.84 Å². The second-order valence-electron chi connectivity index (χ2n) is 6.60. The number of rotatable bonds is 3. The molecular weight excluding hydrogens is 248 g/mol. The fourth-order valence-electron chi connectivity index (χ4n) is 3.14. The zero-order chi connectivity index (χ0) is 13.4. The Hall–Kier alpha value is -0.130. The molecule has 0 aromatic rings. The van der Waals surface area contributed by atoms with E-state index in [-0.39, 0.29) is 6.04 Å². The molecule has 5 heteroatoms. The van der Waals surface area contributed by atoms with Gasteiger partial charge in [-0.3, -0.25) is 0 Å². The van der Waals surface area contributed by atoms with Gasteiger partial charge in [0, 0.05) is 18.6 Å². The van der Waals surface area contributed by atoms with E-state index < -0.39 is 9.84 Å². The number of nitrogens with one attached hydrogen (secondary N) is 1. The van der Waals surface area contributed by atoms with Crippen LogP contribution in [0.1, 0.15) is 33.1 Å². The third-order valence-corrected chi connectivity index (χ3v) is 6.38. The second-order valence-corrected chi connectivity index (χ2v) is 8.82. The van der Waals surface area contributed by atoms with Crippen molar-refractivity contribution < 1.29 is 8.42 Å². The van der Waals surface area contributed by atoms with E-state index in [1.807, 2.05) is 0 Å². The fraction of sp³-hybridized carbons (Fsp3) is 1.00. The van der Waals surface area contributed by atoms with Crippen molar-refractivity contribution in [2.45, 2.75) is 45.2 Å². The summed E-state index contributed by atoms with van der Waals surface area (Å²) >= 11 is 0. The predicted molar refractivity (Wildman–Crippen MR) is 74.5 cm³/mol. The number of likely N-dealkylation sites (N-methyl/N-ethyl adjacent to an activating group) is 1. The fourth-order valence-corrected chi connectivity index (χ4v) is 4.95. The molecule has 0 spiro atoms. The van der Waals surface area contributed by atoms with Gasteiger partial charge >= 0.3 is 0 Å². The molecule has 0 aromatic heterocycles. The molecule has 0 bridgehead atoms. The zero-order valence-electron chi connectivity index (χ0n) is 11.8. The minimum absolute atomic E-state index is 0.217. The van der Waals surface area contributed by atoms with Crippen LogP contribution in [0.4, 0.5) is 0 Å². The quantitative estimate of drug-likeness (QED) is 0.830. The van der Waals surface area contributed by atoms with Crippen LogP contribution in [-0.2, 0) is 9.84 Å². The van der Waals surface area contributed by atoms with Crippen molar-refractivity contribution in [2.24, 2.45) is 5.41 Å². The number of hydrogen-bond donors (Lipinski definition) is 1. The van der Waals surface area contributed by atoms with Gasteiger partial charge in [0.1, 0.15) is 0 Å². The number of hydrogen-bond acceptors (Lipinski definition) is 4. The van der Waals surface area contributed by atoms with Crippen LogP contribution in [-0.4, -0.2) is 57.0 Å². The van der Waals surface area contributed by atoms with E-state index in [9.17, 15) is 8.42 Å². The van der Waals surface area contributed by atoms with Gasteiger partial charge in [0.2, 0.25) is 0 Å². The highest BCUT2D eigenvalue weighted by molar-refractivity contribution is 7.91. The van der Waals surface area contributed by atoms with Crippen molar-refractivity contribution in [3.05, 3.63) is 0 Å². The van der Waals surface area contributed by atoms with Crippen LogP contribution < -0.4 is 5.32 Å². The summed E-state index contributed by atoms with van der Waals surface area (Å²) in [6.07, 6.45) is 3.29. The molecule has 2 aliphatic heterocycles. The molecule has 0 amide bonds. The highest BCUT2D eigenvalue weighted by Gasteiger charge is 2.36. The SMILES string of the molecule is CN(CC1NCCCC1(C)C)C1CCS(=O)(=O)C1. The molecule has 2 heterocycles. The van der Waals surface area contributed by atoms with Gasteiger partial charge in [0.25, 0.3) is 0 Å². The summed E-state index contributed by atoms with van der Waals surface area (Å²) in [4.78, 5) is 2.25. The van der Waals surface area contributed by atoms with Crippen molar-refractivity contribution in [3.8, 4) is 0 Å². The standard InChI is InChI=1S/C13H26N2O2S/c1-13(2)6-4-7-14-12(13)9-15(3)11-5-8-18(16,17)10-11/h11-12,14H,4-10H2,1-3H3. The Morgan fingerprint density at radius 3 is 2.67 bits per heavy atom. The molecule has 0 saturated carbocycles. The Balaban J connectivity index is 1.93. The van der Waals surface area contributed by atoms with Crippen LogP contribution in [0.5, 0.6) is 0 Å². The van der Waals surface area contributed by atoms with Crippen LogP contribution in [0.3, 0.4) is 0 Å². The molecule has 18 heavy (non-hydrogen) atoms. The molecule has 2 aliphatic rings. The van der Waals surface area contributed by atoms with E-state index >= 15 is 0 Å². The first-order chi connectivity index (χ1) is 8.30. The molecule has 2 unspecified atom stereocenters. The van der Waals surface area contributed by atoms with Gasteiger partial charge in [-0.1, -0.05) is 13.8 Å². The van der Waals surface area contributed by atoms with Crippen LogP contribution in [0, 0.1) is 5.41 Å². The van der Waals surface area contributed by atoms with E-state index in [1.165, 1.54) is 12.8 Å². The Morgan fingerprint density at radius 1 is 1.39 bits per heavy atom.